The molecular weight excluding hydrogens is 406 g/mol. The molecule has 32 heavy (non-hydrogen) atoms. The number of nitrogens with one attached hydrogen (secondary N) is 1. The summed E-state index contributed by atoms with van der Waals surface area (Å²) in [6.45, 7) is 4.24. The van der Waals surface area contributed by atoms with E-state index in [1.54, 1.807) is 4.57 Å². The second-order valence-corrected chi connectivity index (χ2v) is 7.55. The topological polar surface area (TPSA) is 90.5 Å². The number of benzene rings is 2. The molecule has 8 nitrogen and oxygen atoms in total. The van der Waals surface area contributed by atoms with Crippen molar-refractivity contribution in [2.24, 2.45) is 0 Å². The lowest BCUT2D eigenvalue weighted by molar-refractivity contribution is -0.121. The first-order chi connectivity index (χ1) is 15.7. The van der Waals surface area contributed by atoms with E-state index in [0.29, 0.717) is 56.1 Å². The van der Waals surface area contributed by atoms with Gasteiger partial charge < -0.3 is 10.1 Å². The Balaban J connectivity index is 1.61. The molecule has 2 aromatic carbocycles. The average Bonchev–Trinajstić information content (AvgIpc) is 3.25. The predicted octanol–water partition coefficient (Wildman–Crippen LogP) is 2.57. The third-order valence-electron chi connectivity index (χ3n) is 5.33. The van der Waals surface area contributed by atoms with Crippen molar-refractivity contribution in [1.82, 2.24) is 24.5 Å². The van der Waals surface area contributed by atoms with E-state index in [4.69, 9.17) is 4.74 Å². The van der Waals surface area contributed by atoms with Gasteiger partial charge in [-0.3, -0.25) is 18.6 Å². The second-order valence-electron chi connectivity index (χ2n) is 7.55. The summed E-state index contributed by atoms with van der Waals surface area (Å²) in [6.07, 6.45) is 1.50. The van der Waals surface area contributed by atoms with Gasteiger partial charge in [-0.2, -0.15) is 0 Å². The minimum atomic E-state index is -0.108. The molecule has 1 N–H and O–H groups in total. The number of carbonyl (C=O) groups excluding carboxylic acids is 1. The number of carbonyl (C=O) groups is 1. The van der Waals surface area contributed by atoms with E-state index < -0.39 is 0 Å². The van der Waals surface area contributed by atoms with Gasteiger partial charge in [0.2, 0.25) is 11.7 Å². The molecule has 0 bridgehead atoms. The van der Waals surface area contributed by atoms with Gasteiger partial charge in [-0.05, 0) is 31.0 Å². The Kier molecular flexibility index (Phi) is 6.91. The normalized spacial score (nSPS) is 11.3. The maximum atomic E-state index is 13.2. The summed E-state index contributed by atoms with van der Waals surface area (Å²) in [5, 5.41) is 12.2. The van der Waals surface area contributed by atoms with Gasteiger partial charge >= 0.3 is 0 Å². The zero-order valence-electron chi connectivity index (χ0n) is 18.2. The fourth-order valence-electron chi connectivity index (χ4n) is 3.74. The largest absolute Gasteiger partial charge is 0.382 e. The quantitative estimate of drug-likeness (QED) is 0.388. The van der Waals surface area contributed by atoms with Crippen LogP contribution in [0.15, 0.2) is 59.4 Å². The molecule has 0 aliphatic heterocycles. The second kappa shape index (κ2) is 10.2. The molecule has 0 atom stereocenters. The first kappa shape index (κ1) is 21.7. The molecule has 0 saturated heterocycles. The summed E-state index contributed by atoms with van der Waals surface area (Å²) < 4.78 is 8.82. The lowest BCUT2D eigenvalue weighted by Crippen LogP contribution is -2.26. The third-order valence-corrected chi connectivity index (χ3v) is 5.33. The van der Waals surface area contributed by atoms with Crippen molar-refractivity contribution in [3.8, 4) is 0 Å². The fourth-order valence-corrected chi connectivity index (χ4v) is 3.74. The van der Waals surface area contributed by atoms with Crippen LogP contribution in [0.5, 0.6) is 0 Å². The van der Waals surface area contributed by atoms with Gasteiger partial charge in [0.05, 0.1) is 17.4 Å². The summed E-state index contributed by atoms with van der Waals surface area (Å²) in [4.78, 5) is 25.5. The first-order valence-electron chi connectivity index (χ1n) is 10.9. The van der Waals surface area contributed by atoms with Gasteiger partial charge in [-0.1, -0.05) is 42.5 Å². The lowest BCUT2D eigenvalue weighted by atomic mass is 10.2. The molecule has 0 unspecified atom stereocenters. The predicted molar refractivity (Wildman–Crippen MR) is 123 cm³/mol. The molecule has 0 aliphatic rings. The van der Waals surface area contributed by atoms with Crippen LogP contribution in [-0.2, 0) is 22.5 Å². The zero-order chi connectivity index (χ0) is 22.3. The molecule has 0 fully saturated rings. The summed E-state index contributed by atoms with van der Waals surface area (Å²) in [6, 6.07) is 17.2. The van der Waals surface area contributed by atoms with E-state index >= 15 is 0 Å². The maximum Gasteiger partial charge on any atom is 0.263 e. The summed E-state index contributed by atoms with van der Waals surface area (Å²) in [5.41, 5.74) is 1.64. The highest BCUT2D eigenvalue weighted by atomic mass is 16.5. The Bertz CT molecular complexity index is 1260. The molecule has 0 aliphatic carbocycles. The molecule has 166 valence electrons. The molecule has 0 saturated carbocycles. The zero-order valence-corrected chi connectivity index (χ0v) is 18.2. The number of aryl methyl sites for hydroxylation is 1. The van der Waals surface area contributed by atoms with E-state index in [1.807, 2.05) is 65.9 Å². The van der Waals surface area contributed by atoms with Crippen LogP contribution in [0.4, 0.5) is 0 Å². The van der Waals surface area contributed by atoms with Crippen LogP contribution in [0.25, 0.3) is 16.7 Å². The molecule has 0 radical (unpaired) electrons. The highest BCUT2D eigenvalue weighted by Crippen LogP contribution is 2.16. The minimum Gasteiger partial charge on any atom is -0.382 e. The molecule has 2 aromatic heterocycles. The van der Waals surface area contributed by atoms with E-state index in [0.717, 1.165) is 17.5 Å². The van der Waals surface area contributed by atoms with Gasteiger partial charge in [-0.25, -0.2) is 0 Å². The number of hydrogen-bond donors (Lipinski definition) is 1. The van der Waals surface area contributed by atoms with Crippen molar-refractivity contribution in [1.29, 1.82) is 0 Å². The maximum absolute atomic E-state index is 13.2. The van der Waals surface area contributed by atoms with Crippen LogP contribution in [0.2, 0.25) is 0 Å². The van der Waals surface area contributed by atoms with Crippen LogP contribution in [0.1, 0.15) is 31.2 Å². The highest BCUT2D eigenvalue weighted by Gasteiger charge is 2.17. The van der Waals surface area contributed by atoms with Gasteiger partial charge in [0.1, 0.15) is 5.82 Å². The first-order valence-corrected chi connectivity index (χ1v) is 10.9. The monoisotopic (exact) mass is 433 g/mol. The third kappa shape index (κ3) is 4.70. The van der Waals surface area contributed by atoms with Crippen LogP contribution in [-0.4, -0.2) is 44.8 Å². The van der Waals surface area contributed by atoms with Gasteiger partial charge in [0.25, 0.3) is 5.56 Å². The fraction of sp³-hybridized carbons (Fsp3) is 0.333. The molecule has 0 spiro atoms. The molecule has 2 heterocycles. The smallest absolute Gasteiger partial charge is 0.263 e. The number of nitrogens with zero attached hydrogens (tertiary/aromatic N) is 4. The standard InChI is InChI=1S/C24H27N5O3/c1-2-32-16-8-15-25-22(30)14-13-21-26-27-24-28(17-18-9-4-3-5-10-18)23(31)19-11-6-7-12-20(19)29(21)24/h3-7,9-12H,2,8,13-17H2,1H3,(H,25,30). The van der Waals surface area contributed by atoms with Gasteiger partial charge in [-0.15, -0.1) is 10.2 Å². The Morgan fingerprint density at radius 2 is 1.84 bits per heavy atom. The Morgan fingerprint density at radius 3 is 2.66 bits per heavy atom. The van der Waals surface area contributed by atoms with Crippen molar-refractivity contribution >= 4 is 22.6 Å². The summed E-state index contributed by atoms with van der Waals surface area (Å²) in [7, 11) is 0. The summed E-state index contributed by atoms with van der Waals surface area (Å²) in [5.74, 6) is 1.09. The van der Waals surface area contributed by atoms with E-state index in [9.17, 15) is 9.59 Å². The van der Waals surface area contributed by atoms with Gasteiger partial charge in [0.15, 0.2) is 0 Å². The molecule has 8 heteroatoms. The van der Waals surface area contributed by atoms with E-state index in [2.05, 4.69) is 15.5 Å². The van der Waals surface area contributed by atoms with Gasteiger partial charge in [0, 0.05) is 32.6 Å². The minimum absolute atomic E-state index is 0.0415. The van der Waals surface area contributed by atoms with E-state index in [1.165, 1.54) is 0 Å². The lowest BCUT2D eigenvalue weighted by Gasteiger charge is -2.11. The molecule has 1 amide bonds. The van der Waals surface area contributed by atoms with Crippen molar-refractivity contribution in [3.63, 3.8) is 0 Å². The summed E-state index contributed by atoms with van der Waals surface area (Å²) >= 11 is 0. The Labute approximate surface area is 185 Å². The molecule has 4 aromatic rings. The molecule has 4 rings (SSSR count). The Morgan fingerprint density at radius 1 is 1.06 bits per heavy atom. The van der Waals surface area contributed by atoms with Crippen LogP contribution < -0.4 is 10.9 Å². The number of ether oxygens (including phenoxy) is 1. The number of hydrogen-bond acceptors (Lipinski definition) is 5. The number of amides is 1. The van der Waals surface area contributed by atoms with Crippen LogP contribution in [0, 0.1) is 0 Å². The number of para-hydroxylation sites is 1. The number of fused-ring (bicyclic) bond motifs is 3. The van der Waals surface area contributed by atoms with Crippen molar-refractivity contribution < 1.29 is 9.53 Å². The van der Waals surface area contributed by atoms with E-state index in [-0.39, 0.29) is 11.5 Å². The highest BCUT2D eigenvalue weighted by molar-refractivity contribution is 5.80. The van der Waals surface area contributed by atoms with Crippen LogP contribution >= 0.6 is 0 Å². The van der Waals surface area contributed by atoms with Crippen molar-refractivity contribution in [2.75, 3.05) is 19.8 Å². The molecular formula is C24H27N5O3. The van der Waals surface area contributed by atoms with Crippen molar-refractivity contribution in [3.05, 3.63) is 76.3 Å². The van der Waals surface area contributed by atoms with Crippen molar-refractivity contribution in [2.45, 2.75) is 32.7 Å². The average molecular weight is 434 g/mol. The van der Waals surface area contributed by atoms with Crippen LogP contribution in [0.3, 0.4) is 0 Å². The SMILES string of the molecule is CCOCCCNC(=O)CCc1nnc2n(Cc3ccccc3)c(=O)c3ccccc3n12. The number of rotatable bonds is 10. The number of aromatic nitrogens is 4. The Hall–Kier alpha value is -3.52.